The van der Waals surface area contributed by atoms with Crippen molar-refractivity contribution in [3.05, 3.63) is 86.0 Å². The zero-order chi connectivity index (χ0) is 24.3. The Bertz CT molecular complexity index is 1150. The highest BCUT2D eigenvalue weighted by atomic mass is 19.1. The molecule has 0 heterocycles. The van der Waals surface area contributed by atoms with E-state index >= 15 is 0 Å². The normalized spacial score (nSPS) is 11.0. The standard InChI is InChI=1S/C23H21F2N3O5/c1-14-10-19(17-12-15(24)4-6-21(17)27(29)30)23(33-9-8-26(2)3)20(11-14)18-13-16(25)5-7-22(18)28(31)32/h4-7,10-13H,8-9H2,1-3H3. The molecule has 0 spiro atoms. The van der Waals surface area contributed by atoms with Gasteiger partial charge in [0.15, 0.2) is 0 Å². The number of nitrogens with zero attached hydrogens (tertiary/aromatic N) is 3. The van der Waals surface area contributed by atoms with Crippen LogP contribution < -0.4 is 4.74 Å². The first kappa shape index (κ1) is 23.7. The highest BCUT2D eigenvalue weighted by molar-refractivity contribution is 5.89. The number of halogens is 2. The second-order valence-electron chi connectivity index (χ2n) is 7.68. The molecule has 0 aliphatic carbocycles. The molecule has 0 N–H and O–H groups in total. The number of nitro benzene ring substituents is 2. The minimum absolute atomic E-state index is 0.0520. The molecule has 0 aromatic heterocycles. The summed E-state index contributed by atoms with van der Waals surface area (Å²) in [6.45, 7) is 2.26. The van der Waals surface area contributed by atoms with E-state index in [1.807, 2.05) is 19.0 Å². The van der Waals surface area contributed by atoms with Crippen LogP contribution in [0.3, 0.4) is 0 Å². The Morgan fingerprint density at radius 3 is 1.67 bits per heavy atom. The van der Waals surface area contributed by atoms with Gasteiger partial charge in [-0.1, -0.05) is 0 Å². The highest BCUT2D eigenvalue weighted by Gasteiger charge is 2.26. The van der Waals surface area contributed by atoms with Crippen LogP contribution >= 0.6 is 0 Å². The second kappa shape index (κ2) is 9.70. The molecule has 0 saturated heterocycles. The first-order valence-corrected chi connectivity index (χ1v) is 9.89. The minimum Gasteiger partial charge on any atom is -0.491 e. The topological polar surface area (TPSA) is 98.8 Å². The fourth-order valence-corrected chi connectivity index (χ4v) is 3.43. The van der Waals surface area contributed by atoms with E-state index in [1.54, 1.807) is 19.1 Å². The molecule has 0 bridgehead atoms. The number of aryl methyl sites for hydroxylation is 1. The molecule has 0 radical (unpaired) electrons. The van der Waals surface area contributed by atoms with Gasteiger partial charge in [0.25, 0.3) is 11.4 Å². The minimum atomic E-state index is -0.699. The van der Waals surface area contributed by atoms with E-state index in [4.69, 9.17) is 4.74 Å². The van der Waals surface area contributed by atoms with Crippen molar-refractivity contribution >= 4 is 11.4 Å². The molecule has 3 aromatic carbocycles. The highest BCUT2D eigenvalue weighted by Crippen LogP contribution is 2.45. The molecule has 10 heteroatoms. The average molecular weight is 457 g/mol. The molecule has 0 fully saturated rings. The van der Waals surface area contributed by atoms with E-state index in [1.165, 1.54) is 0 Å². The van der Waals surface area contributed by atoms with Crippen molar-refractivity contribution in [3.63, 3.8) is 0 Å². The van der Waals surface area contributed by atoms with Crippen LogP contribution in [-0.2, 0) is 0 Å². The zero-order valence-corrected chi connectivity index (χ0v) is 18.2. The fraction of sp³-hybridized carbons (Fsp3) is 0.217. The maximum atomic E-state index is 14.1. The van der Waals surface area contributed by atoms with Crippen LogP contribution in [0.25, 0.3) is 22.3 Å². The van der Waals surface area contributed by atoms with E-state index in [0.29, 0.717) is 12.1 Å². The van der Waals surface area contributed by atoms with Crippen LogP contribution in [0.4, 0.5) is 20.2 Å². The molecule has 0 saturated carbocycles. The van der Waals surface area contributed by atoms with Gasteiger partial charge in [-0.25, -0.2) is 8.78 Å². The number of hydrogen-bond acceptors (Lipinski definition) is 6. The molecule has 0 aliphatic heterocycles. The molecular weight excluding hydrogens is 436 g/mol. The summed E-state index contributed by atoms with van der Waals surface area (Å²) < 4.78 is 34.2. The monoisotopic (exact) mass is 457 g/mol. The third-order valence-corrected chi connectivity index (χ3v) is 4.91. The van der Waals surface area contributed by atoms with Gasteiger partial charge in [0.1, 0.15) is 24.0 Å². The van der Waals surface area contributed by atoms with E-state index in [9.17, 15) is 29.0 Å². The summed E-state index contributed by atoms with van der Waals surface area (Å²) in [7, 11) is 3.63. The maximum Gasteiger partial charge on any atom is 0.277 e. The van der Waals surface area contributed by atoms with Crippen molar-refractivity contribution in [2.75, 3.05) is 27.2 Å². The Kier molecular flexibility index (Phi) is 6.98. The fourth-order valence-electron chi connectivity index (χ4n) is 3.43. The number of likely N-dealkylation sites (N-methyl/N-ethyl adjacent to an activating group) is 1. The Morgan fingerprint density at radius 1 is 0.818 bits per heavy atom. The Morgan fingerprint density at radius 2 is 1.27 bits per heavy atom. The molecule has 3 aromatic rings. The van der Waals surface area contributed by atoms with Crippen molar-refractivity contribution in [1.82, 2.24) is 4.90 Å². The van der Waals surface area contributed by atoms with Gasteiger partial charge in [-0.2, -0.15) is 0 Å². The lowest BCUT2D eigenvalue weighted by Gasteiger charge is -2.19. The molecule has 0 atom stereocenters. The second-order valence-corrected chi connectivity index (χ2v) is 7.68. The van der Waals surface area contributed by atoms with E-state index < -0.39 is 21.5 Å². The van der Waals surface area contributed by atoms with Crippen LogP contribution in [0.1, 0.15) is 5.56 Å². The van der Waals surface area contributed by atoms with Crippen molar-refractivity contribution in [2.45, 2.75) is 6.92 Å². The predicted molar refractivity (Wildman–Crippen MR) is 119 cm³/mol. The molecule has 0 unspecified atom stereocenters. The van der Waals surface area contributed by atoms with Gasteiger partial charge >= 0.3 is 0 Å². The largest absolute Gasteiger partial charge is 0.491 e. The molecule has 3 rings (SSSR count). The lowest BCUT2D eigenvalue weighted by molar-refractivity contribution is -0.384. The summed E-state index contributed by atoms with van der Waals surface area (Å²) in [4.78, 5) is 23.8. The van der Waals surface area contributed by atoms with Crippen LogP contribution in [0.15, 0.2) is 48.5 Å². The van der Waals surface area contributed by atoms with Gasteiger partial charge in [0.05, 0.1) is 21.0 Å². The number of hydrogen-bond donors (Lipinski definition) is 0. The van der Waals surface area contributed by atoms with Crippen LogP contribution in [0.2, 0.25) is 0 Å². The molecule has 8 nitrogen and oxygen atoms in total. The summed E-state index contributed by atoms with van der Waals surface area (Å²) in [6, 6.07) is 9.19. The molecule has 0 aliphatic rings. The number of nitro groups is 2. The molecule has 0 amide bonds. The third kappa shape index (κ3) is 5.29. The van der Waals surface area contributed by atoms with Crippen molar-refractivity contribution in [3.8, 4) is 28.0 Å². The van der Waals surface area contributed by atoms with Crippen LogP contribution in [-0.4, -0.2) is 42.0 Å². The van der Waals surface area contributed by atoms with Gasteiger partial charge < -0.3 is 9.64 Å². The SMILES string of the molecule is Cc1cc(-c2cc(F)ccc2[N+](=O)[O-])c(OCCN(C)C)c(-c2cc(F)ccc2[N+](=O)[O-])c1. The summed E-state index contributed by atoms with van der Waals surface area (Å²) in [5.74, 6) is -1.34. The first-order valence-electron chi connectivity index (χ1n) is 9.89. The summed E-state index contributed by atoms with van der Waals surface area (Å²) >= 11 is 0. The third-order valence-electron chi connectivity index (χ3n) is 4.91. The summed E-state index contributed by atoms with van der Waals surface area (Å²) in [5.41, 5.74) is 0.0881. The van der Waals surface area contributed by atoms with Gasteiger partial charge in [0, 0.05) is 29.8 Å². The van der Waals surface area contributed by atoms with Crippen LogP contribution in [0.5, 0.6) is 5.75 Å². The van der Waals surface area contributed by atoms with Gasteiger partial charge in [-0.15, -0.1) is 0 Å². The summed E-state index contributed by atoms with van der Waals surface area (Å²) in [6.07, 6.45) is 0. The lowest BCUT2D eigenvalue weighted by Crippen LogP contribution is -2.20. The molecule has 172 valence electrons. The Hall–Kier alpha value is -3.92. The van der Waals surface area contributed by atoms with Crippen molar-refractivity contribution in [2.24, 2.45) is 0 Å². The summed E-state index contributed by atoms with van der Waals surface area (Å²) in [5, 5.41) is 23.3. The quantitative estimate of drug-likeness (QED) is 0.333. The first-order chi connectivity index (χ1) is 15.6. The molecule has 33 heavy (non-hydrogen) atoms. The van der Waals surface area contributed by atoms with E-state index in [2.05, 4.69) is 0 Å². The predicted octanol–water partition coefficient (Wildman–Crippen LogP) is 5.36. The van der Waals surface area contributed by atoms with E-state index in [0.717, 1.165) is 36.4 Å². The van der Waals surface area contributed by atoms with Crippen LogP contribution in [0, 0.1) is 38.8 Å². The number of ether oxygens (including phenoxy) is 1. The number of benzene rings is 3. The Balaban J connectivity index is 2.37. The van der Waals surface area contributed by atoms with Gasteiger partial charge in [-0.3, -0.25) is 20.2 Å². The molecular formula is C23H21F2N3O5. The Labute approximate surface area is 188 Å². The number of rotatable bonds is 8. The van der Waals surface area contributed by atoms with Gasteiger partial charge in [0.2, 0.25) is 0 Å². The average Bonchev–Trinajstić information content (AvgIpc) is 2.73. The maximum absolute atomic E-state index is 14.1. The van der Waals surface area contributed by atoms with Crippen molar-refractivity contribution < 1.29 is 23.4 Å². The lowest BCUT2D eigenvalue weighted by atomic mass is 9.93. The van der Waals surface area contributed by atoms with Gasteiger partial charge in [-0.05, 0) is 63.0 Å². The smallest absolute Gasteiger partial charge is 0.277 e. The zero-order valence-electron chi connectivity index (χ0n) is 18.2. The van der Waals surface area contributed by atoms with E-state index in [-0.39, 0.29) is 46.0 Å². The van der Waals surface area contributed by atoms with Crippen molar-refractivity contribution in [1.29, 1.82) is 0 Å².